The number of rotatable bonds is 2. The number of nitrogens with zero attached hydrogens (tertiary/aromatic N) is 1. The molecule has 0 aromatic carbocycles. The molecule has 1 aliphatic carbocycles. The first-order valence-corrected chi connectivity index (χ1v) is 6.76. The molecule has 1 amide bonds. The van der Waals surface area contributed by atoms with Gasteiger partial charge in [0.15, 0.2) is 5.13 Å². The van der Waals surface area contributed by atoms with E-state index in [9.17, 15) is 4.79 Å². The lowest BCUT2D eigenvalue weighted by Gasteiger charge is -2.35. The van der Waals surface area contributed by atoms with Crippen molar-refractivity contribution in [3.05, 3.63) is 11.1 Å². The number of aromatic nitrogens is 1. The Labute approximate surface area is 106 Å². The monoisotopic (exact) mass is 253 g/mol. The van der Waals surface area contributed by atoms with Crippen molar-refractivity contribution in [3.63, 3.8) is 0 Å². The number of hydrogen-bond acceptors (Lipinski definition) is 4. The highest BCUT2D eigenvalue weighted by Crippen LogP contribution is 2.31. The summed E-state index contributed by atoms with van der Waals surface area (Å²) in [6, 6.07) is 0. The molecule has 0 aliphatic heterocycles. The third-order valence-corrected chi connectivity index (χ3v) is 3.95. The number of anilines is 1. The molecule has 0 atom stereocenters. The van der Waals surface area contributed by atoms with Gasteiger partial charge in [-0.25, -0.2) is 4.98 Å². The zero-order valence-corrected chi connectivity index (χ0v) is 11.4. The first kappa shape index (κ1) is 12.5. The maximum Gasteiger partial charge on any atom is 0.246 e. The average molecular weight is 253 g/mol. The molecule has 1 aliphatic rings. The second kappa shape index (κ2) is 4.07. The SMILES string of the molecule is CC(C)(C)c1csc(NC(=O)C2(N)CCC2)n1. The summed E-state index contributed by atoms with van der Waals surface area (Å²) in [6.07, 6.45) is 2.59. The van der Waals surface area contributed by atoms with Crippen molar-refractivity contribution < 1.29 is 4.79 Å². The summed E-state index contributed by atoms with van der Waals surface area (Å²) >= 11 is 1.46. The number of nitrogens with one attached hydrogen (secondary N) is 1. The van der Waals surface area contributed by atoms with Gasteiger partial charge in [-0.15, -0.1) is 11.3 Å². The molecule has 1 fully saturated rings. The third-order valence-electron chi connectivity index (χ3n) is 3.19. The Kier molecular flexibility index (Phi) is 2.99. The summed E-state index contributed by atoms with van der Waals surface area (Å²) < 4.78 is 0. The zero-order chi connectivity index (χ0) is 12.7. The molecule has 3 N–H and O–H groups in total. The molecular weight excluding hydrogens is 234 g/mol. The van der Waals surface area contributed by atoms with Crippen LogP contribution in [0.5, 0.6) is 0 Å². The summed E-state index contributed by atoms with van der Waals surface area (Å²) in [5.41, 5.74) is 6.30. The molecular formula is C12H19N3OS. The topological polar surface area (TPSA) is 68.0 Å². The highest BCUT2D eigenvalue weighted by Gasteiger charge is 2.40. The summed E-state index contributed by atoms with van der Waals surface area (Å²) in [7, 11) is 0. The van der Waals surface area contributed by atoms with E-state index in [1.165, 1.54) is 11.3 Å². The third kappa shape index (κ3) is 2.50. The first-order chi connectivity index (χ1) is 7.81. The Morgan fingerprint density at radius 3 is 2.59 bits per heavy atom. The van der Waals surface area contributed by atoms with Crippen LogP contribution < -0.4 is 11.1 Å². The molecule has 0 unspecified atom stereocenters. The van der Waals surface area contributed by atoms with E-state index in [-0.39, 0.29) is 11.3 Å². The fourth-order valence-corrected chi connectivity index (χ4v) is 2.61. The largest absolute Gasteiger partial charge is 0.317 e. The van der Waals surface area contributed by atoms with E-state index in [1.807, 2.05) is 5.38 Å². The second-order valence-electron chi connectivity index (χ2n) is 5.75. The fraction of sp³-hybridized carbons (Fsp3) is 0.667. The standard InChI is InChI=1S/C12H19N3OS/c1-11(2,3)8-7-17-10(14-8)15-9(16)12(13)5-4-6-12/h7H,4-6,13H2,1-3H3,(H,14,15,16). The molecule has 0 saturated heterocycles. The number of thiazole rings is 1. The minimum absolute atomic E-state index is 0.0103. The van der Waals surface area contributed by atoms with E-state index < -0.39 is 5.54 Å². The Balaban J connectivity index is 2.04. The molecule has 1 heterocycles. The van der Waals surface area contributed by atoms with Gasteiger partial charge in [0.2, 0.25) is 5.91 Å². The molecule has 17 heavy (non-hydrogen) atoms. The molecule has 1 aromatic rings. The molecule has 1 aromatic heterocycles. The van der Waals surface area contributed by atoms with Crippen LogP contribution >= 0.6 is 11.3 Å². The van der Waals surface area contributed by atoms with E-state index in [4.69, 9.17) is 5.73 Å². The van der Waals surface area contributed by atoms with Gasteiger partial charge in [-0.2, -0.15) is 0 Å². The van der Waals surface area contributed by atoms with Gasteiger partial charge in [-0.3, -0.25) is 4.79 Å². The normalized spacial score (nSPS) is 18.6. The quantitative estimate of drug-likeness (QED) is 0.849. The molecule has 0 radical (unpaired) electrons. The summed E-state index contributed by atoms with van der Waals surface area (Å²) in [6.45, 7) is 6.30. The van der Waals surface area contributed by atoms with E-state index in [0.717, 1.165) is 25.0 Å². The van der Waals surface area contributed by atoms with Crippen molar-refractivity contribution in [1.82, 2.24) is 4.98 Å². The second-order valence-corrected chi connectivity index (χ2v) is 6.61. The minimum atomic E-state index is -0.659. The number of carbonyl (C=O) groups excluding carboxylic acids is 1. The first-order valence-electron chi connectivity index (χ1n) is 5.88. The van der Waals surface area contributed by atoms with Gasteiger partial charge in [0.05, 0.1) is 11.2 Å². The summed E-state index contributed by atoms with van der Waals surface area (Å²) in [5, 5.41) is 5.46. The van der Waals surface area contributed by atoms with Crippen LogP contribution in [0, 0.1) is 0 Å². The number of amides is 1. The number of carbonyl (C=O) groups is 1. The maximum absolute atomic E-state index is 11.9. The molecule has 5 heteroatoms. The Morgan fingerprint density at radius 1 is 1.53 bits per heavy atom. The fourth-order valence-electron chi connectivity index (χ4n) is 1.68. The van der Waals surface area contributed by atoms with Crippen molar-refractivity contribution >= 4 is 22.4 Å². The van der Waals surface area contributed by atoms with Gasteiger partial charge in [0, 0.05) is 10.8 Å². The molecule has 94 valence electrons. The van der Waals surface area contributed by atoms with Crippen molar-refractivity contribution in [3.8, 4) is 0 Å². The van der Waals surface area contributed by atoms with E-state index in [1.54, 1.807) is 0 Å². The lowest BCUT2D eigenvalue weighted by atomic mass is 9.77. The minimum Gasteiger partial charge on any atom is -0.317 e. The zero-order valence-electron chi connectivity index (χ0n) is 10.5. The molecule has 0 bridgehead atoms. The number of nitrogens with two attached hydrogens (primary N) is 1. The van der Waals surface area contributed by atoms with Crippen molar-refractivity contribution in [1.29, 1.82) is 0 Å². The molecule has 2 rings (SSSR count). The van der Waals surface area contributed by atoms with Crippen LogP contribution in [0.25, 0.3) is 0 Å². The van der Waals surface area contributed by atoms with Gasteiger partial charge in [0.1, 0.15) is 0 Å². The van der Waals surface area contributed by atoms with Crippen LogP contribution in [0.3, 0.4) is 0 Å². The Bertz CT molecular complexity index is 429. The van der Waals surface area contributed by atoms with Gasteiger partial charge in [0.25, 0.3) is 0 Å². The summed E-state index contributed by atoms with van der Waals surface area (Å²) in [4.78, 5) is 16.3. The van der Waals surface area contributed by atoms with Crippen molar-refractivity contribution in [2.24, 2.45) is 5.73 Å². The molecule has 1 saturated carbocycles. The van der Waals surface area contributed by atoms with Gasteiger partial charge in [-0.05, 0) is 19.3 Å². The Hall–Kier alpha value is -0.940. The highest BCUT2D eigenvalue weighted by molar-refractivity contribution is 7.14. The van der Waals surface area contributed by atoms with E-state index in [0.29, 0.717) is 5.13 Å². The van der Waals surface area contributed by atoms with Gasteiger partial charge >= 0.3 is 0 Å². The molecule has 0 spiro atoms. The summed E-state index contributed by atoms with van der Waals surface area (Å²) in [5.74, 6) is -0.0986. The van der Waals surface area contributed by atoms with Crippen LogP contribution in [0.2, 0.25) is 0 Å². The van der Waals surface area contributed by atoms with Crippen LogP contribution in [0.1, 0.15) is 45.7 Å². The van der Waals surface area contributed by atoms with Crippen molar-refractivity contribution in [2.75, 3.05) is 5.32 Å². The van der Waals surface area contributed by atoms with Crippen LogP contribution in [0.15, 0.2) is 5.38 Å². The van der Waals surface area contributed by atoms with Crippen LogP contribution in [-0.4, -0.2) is 16.4 Å². The van der Waals surface area contributed by atoms with E-state index in [2.05, 4.69) is 31.1 Å². The Morgan fingerprint density at radius 2 is 2.18 bits per heavy atom. The lowest BCUT2D eigenvalue weighted by molar-refractivity contribution is -0.123. The number of hydrogen-bond donors (Lipinski definition) is 2. The smallest absolute Gasteiger partial charge is 0.246 e. The molecule has 4 nitrogen and oxygen atoms in total. The van der Waals surface area contributed by atoms with Crippen LogP contribution in [0.4, 0.5) is 5.13 Å². The predicted octanol–water partition coefficient (Wildman–Crippen LogP) is 2.26. The van der Waals surface area contributed by atoms with E-state index >= 15 is 0 Å². The lowest BCUT2D eigenvalue weighted by Crippen LogP contribution is -2.56. The van der Waals surface area contributed by atoms with Gasteiger partial charge < -0.3 is 11.1 Å². The maximum atomic E-state index is 11.9. The van der Waals surface area contributed by atoms with Crippen molar-refractivity contribution in [2.45, 2.75) is 51.0 Å². The highest BCUT2D eigenvalue weighted by atomic mass is 32.1. The average Bonchev–Trinajstić information content (AvgIpc) is 2.61. The van der Waals surface area contributed by atoms with Crippen LogP contribution in [-0.2, 0) is 10.2 Å². The van der Waals surface area contributed by atoms with Gasteiger partial charge in [-0.1, -0.05) is 20.8 Å². The predicted molar refractivity (Wildman–Crippen MR) is 70.2 cm³/mol.